The fourth-order valence-corrected chi connectivity index (χ4v) is 1.76. The van der Waals surface area contributed by atoms with Crippen LogP contribution in [0, 0.1) is 5.92 Å². The second-order valence-corrected chi connectivity index (χ2v) is 5.76. The van der Waals surface area contributed by atoms with Gasteiger partial charge in [0.15, 0.2) is 0 Å². The highest BCUT2D eigenvalue weighted by Crippen LogP contribution is 2.35. The van der Waals surface area contributed by atoms with Crippen molar-refractivity contribution in [3.63, 3.8) is 0 Å². The highest BCUT2D eigenvalue weighted by molar-refractivity contribution is 5.41. The molecule has 1 rings (SSSR count). The maximum atomic E-state index is 12.5. The van der Waals surface area contributed by atoms with E-state index in [1.54, 1.807) is 0 Å². The second-order valence-electron chi connectivity index (χ2n) is 5.76. The van der Waals surface area contributed by atoms with Gasteiger partial charge in [-0.25, -0.2) is 0 Å². The molecule has 0 aromatic rings. The van der Waals surface area contributed by atoms with E-state index in [0.717, 1.165) is 18.7 Å². The van der Waals surface area contributed by atoms with Crippen LogP contribution in [-0.2, 0) is 0 Å². The molecular formula is C17H24F6N2. The van der Waals surface area contributed by atoms with E-state index in [2.05, 4.69) is 31.1 Å². The zero-order valence-corrected chi connectivity index (χ0v) is 14.5. The van der Waals surface area contributed by atoms with Crippen molar-refractivity contribution in [2.75, 3.05) is 13.6 Å². The van der Waals surface area contributed by atoms with Gasteiger partial charge in [0.25, 0.3) is 0 Å². The molecule has 0 atom stereocenters. The van der Waals surface area contributed by atoms with Gasteiger partial charge in [0, 0.05) is 12.1 Å². The van der Waals surface area contributed by atoms with Crippen LogP contribution in [0.15, 0.2) is 47.9 Å². The largest absolute Gasteiger partial charge is 0.416 e. The molecule has 0 amide bonds. The van der Waals surface area contributed by atoms with Crippen molar-refractivity contribution in [3.8, 4) is 0 Å². The van der Waals surface area contributed by atoms with Crippen LogP contribution in [0.5, 0.6) is 0 Å². The number of hydrogen-bond acceptors (Lipinski definition) is 2. The summed E-state index contributed by atoms with van der Waals surface area (Å²) in [7, 11) is 1.99. The number of hydrogen-bond donors (Lipinski definition) is 2. The lowest BCUT2D eigenvalue weighted by Gasteiger charge is -2.10. The second kappa shape index (κ2) is 10.3. The third-order valence-corrected chi connectivity index (χ3v) is 3.10. The standard InChI is InChI=1S/C11H9F6N.C6H15N/c1-2-18-9-4-3-7(10(12,13)14)5-8(6-9)11(15,16)17;1-6(2)4-5-7-3/h2-3,5-6,18H,1,4H2;6-7H,4-5H2,1-3H3. The molecule has 0 aromatic carbocycles. The normalized spacial score (nSPS) is 15.4. The van der Waals surface area contributed by atoms with Crippen LogP contribution < -0.4 is 10.6 Å². The Labute approximate surface area is 144 Å². The smallest absolute Gasteiger partial charge is 0.365 e. The fourth-order valence-electron chi connectivity index (χ4n) is 1.76. The van der Waals surface area contributed by atoms with E-state index in [4.69, 9.17) is 0 Å². The van der Waals surface area contributed by atoms with Crippen molar-refractivity contribution >= 4 is 0 Å². The molecule has 0 aliphatic heterocycles. The van der Waals surface area contributed by atoms with Gasteiger partial charge in [-0.2, -0.15) is 26.3 Å². The molecule has 0 unspecified atom stereocenters. The third kappa shape index (κ3) is 10.0. The predicted molar refractivity (Wildman–Crippen MR) is 87.7 cm³/mol. The molecule has 25 heavy (non-hydrogen) atoms. The Hall–Kier alpha value is -1.70. The van der Waals surface area contributed by atoms with Gasteiger partial charge in [0.2, 0.25) is 0 Å². The molecule has 0 heterocycles. The third-order valence-electron chi connectivity index (χ3n) is 3.10. The number of alkyl halides is 6. The molecular weight excluding hydrogens is 346 g/mol. The van der Waals surface area contributed by atoms with E-state index in [-0.39, 0.29) is 18.2 Å². The monoisotopic (exact) mass is 370 g/mol. The first-order valence-electron chi connectivity index (χ1n) is 7.70. The van der Waals surface area contributed by atoms with E-state index in [1.165, 1.54) is 6.42 Å². The number of allylic oxidation sites excluding steroid dienone is 5. The Balaban J connectivity index is 0.000000697. The summed E-state index contributed by atoms with van der Waals surface area (Å²) >= 11 is 0. The summed E-state index contributed by atoms with van der Waals surface area (Å²) in [4.78, 5) is 0. The minimum Gasteiger partial charge on any atom is -0.365 e. The van der Waals surface area contributed by atoms with Crippen molar-refractivity contribution in [2.24, 2.45) is 5.92 Å². The first-order valence-corrected chi connectivity index (χ1v) is 7.70. The number of halogens is 6. The van der Waals surface area contributed by atoms with Crippen LogP contribution in [0.25, 0.3) is 0 Å². The first-order chi connectivity index (χ1) is 11.4. The zero-order valence-electron chi connectivity index (χ0n) is 14.5. The maximum absolute atomic E-state index is 12.5. The summed E-state index contributed by atoms with van der Waals surface area (Å²) in [6, 6.07) is 0. The summed E-state index contributed by atoms with van der Waals surface area (Å²) in [6.45, 7) is 8.86. The van der Waals surface area contributed by atoms with Crippen molar-refractivity contribution in [2.45, 2.75) is 39.0 Å². The van der Waals surface area contributed by atoms with Gasteiger partial charge in [-0.15, -0.1) is 0 Å². The molecule has 0 aromatic heterocycles. The van der Waals surface area contributed by atoms with Gasteiger partial charge in [-0.1, -0.05) is 26.5 Å². The van der Waals surface area contributed by atoms with Crippen LogP contribution >= 0.6 is 0 Å². The average Bonchev–Trinajstić information content (AvgIpc) is 2.68. The lowest BCUT2D eigenvalue weighted by atomic mass is 10.1. The van der Waals surface area contributed by atoms with Crippen molar-refractivity contribution in [1.82, 2.24) is 10.6 Å². The predicted octanol–water partition coefficient (Wildman–Crippen LogP) is 5.24. The quantitative estimate of drug-likeness (QED) is 0.647. The highest BCUT2D eigenvalue weighted by atomic mass is 19.4. The van der Waals surface area contributed by atoms with Crippen LogP contribution in [0.3, 0.4) is 0 Å². The molecule has 0 bridgehead atoms. The van der Waals surface area contributed by atoms with Crippen LogP contribution in [0.4, 0.5) is 26.3 Å². The van der Waals surface area contributed by atoms with E-state index in [9.17, 15) is 26.3 Å². The molecule has 0 radical (unpaired) electrons. The Morgan fingerprint density at radius 2 is 1.64 bits per heavy atom. The van der Waals surface area contributed by atoms with E-state index < -0.39 is 23.5 Å². The average molecular weight is 370 g/mol. The number of rotatable bonds is 5. The minimum absolute atomic E-state index is 0.00664. The Morgan fingerprint density at radius 1 is 1.08 bits per heavy atom. The Bertz CT molecular complexity index is 510. The van der Waals surface area contributed by atoms with E-state index in [0.29, 0.717) is 12.2 Å². The molecule has 8 heteroatoms. The summed E-state index contributed by atoms with van der Waals surface area (Å²) in [5, 5.41) is 5.47. The van der Waals surface area contributed by atoms with Crippen molar-refractivity contribution in [1.29, 1.82) is 0 Å². The summed E-state index contributed by atoms with van der Waals surface area (Å²) in [6.07, 6.45) is -6.12. The molecule has 0 saturated heterocycles. The van der Waals surface area contributed by atoms with Crippen LogP contribution in [0.2, 0.25) is 0 Å². The summed E-state index contributed by atoms with van der Waals surface area (Å²) < 4.78 is 75.0. The lowest BCUT2D eigenvalue weighted by Crippen LogP contribution is -2.15. The molecule has 2 nitrogen and oxygen atoms in total. The van der Waals surface area contributed by atoms with Gasteiger partial charge in [0.1, 0.15) is 0 Å². The highest BCUT2D eigenvalue weighted by Gasteiger charge is 2.38. The first kappa shape index (κ1) is 23.3. The van der Waals surface area contributed by atoms with Gasteiger partial charge in [0.05, 0.1) is 11.1 Å². The molecule has 0 spiro atoms. The van der Waals surface area contributed by atoms with Gasteiger partial charge >= 0.3 is 12.4 Å². The maximum Gasteiger partial charge on any atom is 0.416 e. The van der Waals surface area contributed by atoms with Crippen LogP contribution in [-0.4, -0.2) is 25.9 Å². The molecule has 1 aliphatic rings. The zero-order chi connectivity index (χ0) is 19.7. The van der Waals surface area contributed by atoms with E-state index >= 15 is 0 Å². The Kier molecular flexibility index (Phi) is 9.62. The van der Waals surface area contributed by atoms with Gasteiger partial charge in [-0.05, 0) is 44.3 Å². The summed E-state index contributed by atoms with van der Waals surface area (Å²) in [5.74, 6) is 0.840. The molecule has 2 N–H and O–H groups in total. The van der Waals surface area contributed by atoms with Gasteiger partial charge in [-0.3, -0.25) is 0 Å². The van der Waals surface area contributed by atoms with E-state index in [1.807, 2.05) is 7.05 Å². The molecule has 144 valence electrons. The van der Waals surface area contributed by atoms with Crippen molar-refractivity contribution < 1.29 is 26.3 Å². The molecule has 0 saturated carbocycles. The van der Waals surface area contributed by atoms with Crippen molar-refractivity contribution in [3.05, 3.63) is 47.9 Å². The minimum atomic E-state index is -4.84. The number of nitrogens with one attached hydrogen (secondary N) is 2. The van der Waals surface area contributed by atoms with Gasteiger partial charge < -0.3 is 10.6 Å². The lowest BCUT2D eigenvalue weighted by molar-refractivity contribution is -0.0933. The topological polar surface area (TPSA) is 24.1 Å². The molecule has 1 aliphatic carbocycles. The Morgan fingerprint density at radius 3 is 2.00 bits per heavy atom. The SMILES string of the molecule is C=CNC1=CC(C(F)(F)F)=CC(C(F)(F)F)=CC1.CNCCC(C)C. The van der Waals surface area contributed by atoms with Crippen LogP contribution in [0.1, 0.15) is 26.7 Å². The fraction of sp³-hybridized carbons (Fsp3) is 0.529. The summed E-state index contributed by atoms with van der Waals surface area (Å²) in [5.41, 5.74) is -2.67. The molecule has 0 fully saturated rings.